The molecular weight excluding hydrogens is 256 g/mol. The summed E-state index contributed by atoms with van der Waals surface area (Å²) in [6.07, 6.45) is 1.82. The normalized spacial score (nSPS) is 11.0. The summed E-state index contributed by atoms with van der Waals surface area (Å²) < 4.78 is 21.3. The van der Waals surface area contributed by atoms with Crippen LogP contribution in [0.25, 0.3) is 0 Å². The van der Waals surface area contributed by atoms with Crippen LogP contribution in [0.15, 0.2) is 18.3 Å². The zero-order valence-electron chi connectivity index (χ0n) is 10.0. The van der Waals surface area contributed by atoms with Crippen LogP contribution in [0.3, 0.4) is 0 Å². The van der Waals surface area contributed by atoms with Gasteiger partial charge in [0.15, 0.2) is 0 Å². The summed E-state index contributed by atoms with van der Waals surface area (Å²) in [6.45, 7) is 0.241. The minimum absolute atomic E-state index is 0.153. The average Bonchev–Trinajstić information content (AvgIpc) is 2.33. The van der Waals surface area contributed by atoms with Crippen molar-refractivity contribution in [3.05, 3.63) is 24.0 Å². The number of hydrogen-bond donors (Lipinski definition) is 3. The standard InChI is InChI=1S/C10H16N4O3S/c1-12-8-3-4-9(14-7-8)10(15)13-5-2-6-18(11,16)17/h3-4,7,12H,2,5-6H2,1H3,(H,13,15)(H2,11,16,17). The summed E-state index contributed by atoms with van der Waals surface area (Å²) >= 11 is 0. The highest BCUT2D eigenvalue weighted by Crippen LogP contribution is 2.04. The summed E-state index contributed by atoms with van der Waals surface area (Å²) in [5.74, 6) is -0.494. The van der Waals surface area contributed by atoms with Gasteiger partial charge in [-0.2, -0.15) is 0 Å². The first-order valence-corrected chi connectivity index (χ1v) is 7.06. The third-order valence-electron chi connectivity index (χ3n) is 2.18. The molecule has 0 aromatic carbocycles. The maximum absolute atomic E-state index is 11.6. The fraction of sp³-hybridized carbons (Fsp3) is 0.400. The fourth-order valence-corrected chi connectivity index (χ4v) is 1.79. The van der Waals surface area contributed by atoms with Crippen LogP contribution in [0.4, 0.5) is 5.69 Å². The van der Waals surface area contributed by atoms with E-state index in [0.29, 0.717) is 0 Å². The number of carbonyl (C=O) groups is 1. The highest BCUT2D eigenvalue weighted by Gasteiger charge is 2.07. The van der Waals surface area contributed by atoms with Gasteiger partial charge in [0.05, 0.1) is 17.6 Å². The van der Waals surface area contributed by atoms with E-state index in [4.69, 9.17) is 5.14 Å². The minimum atomic E-state index is -3.47. The Hall–Kier alpha value is -1.67. The van der Waals surface area contributed by atoms with E-state index in [1.54, 1.807) is 25.4 Å². The number of primary sulfonamides is 1. The molecule has 4 N–H and O–H groups in total. The summed E-state index contributed by atoms with van der Waals surface area (Å²) in [5.41, 5.74) is 1.09. The molecule has 8 heteroatoms. The van der Waals surface area contributed by atoms with Crippen molar-refractivity contribution in [3.8, 4) is 0 Å². The number of sulfonamides is 1. The molecule has 1 amide bonds. The van der Waals surface area contributed by atoms with Gasteiger partial charge in [-0.1, -0.05) is 0 Å². The first kappa shape index (κ1) is 14.4. The van der Waals surface area contributed by atoms with Gasteiger partial charge in [0.25, 0.3) is 5.91 Å². The minimum Gasteiger partial charge on any atom is -0.387 e. The smallest absolute Gasteiger partial charge is 0.269 e. The Kier molecular flexibility index (Phi) is 5.05. The Morgan fingerprint density at radius 1 is 1.44 bits per heavy atom. The van der Waals surface area contributed by atoms with Crippen LogP contribution in [-0.4, -0.2) is 38.7 Å². The molecule has 1 rings (SSSR count). The second kappa shape index (κ2) is 6.31. The lowest BCUT2D eigenvalue weighted by molar-refractivity contribution is 0.0949. The Bertz CT molecular complexity index is 498. The Morgan fingerprint density at radius 2 is 2.17 bits per heavy atom. The molecular formula is C10H16N4O3S. The Balaban J connectivity index is 2.40. The molecule has 0 bridgehead atoms. The molecule has 7 nitrogen and oxygen atoms in total. The topological polar surface area (TPSA) is 114 Å². The zero-order valence-corrected chi connectivity index (χ0v) is 10.8. The average molecular weight is 272 g/mol. The summed E-state index contributed by atoms with van der Waals surface area (Å²) in [5, 5.41) is 10.3. The van der Waals surface area contributed by atoms with Crippen LogP contribution in [0.2, 0.25) is 0 Å². The lowest BCUT2D eigenvalue weighted by Crippen LogP contribution is -2.27. The van der Waals surface area contributed by atoms with E-state index in [2.05, 4.69) is 15.6 Å². The van der Waals surface area contributed by atoms with E-state index in [9.17, 15) is 13.2 Å². The highest BCUT2D eigenvalue weighted by molar-refractivity contribution is 7.89. The first-order chi connectivity index (χ1) is 8.42. The van der Waals surface area contributed by atoms with Crippen LogP contribution in [0.5, 0.6) is 0 Å². The van der Waals surface area contributed by atoms with Crippen LogP contribution in [0.1, 0.15) is 16.9 Å². The van der Waals surface area contributed by atoms with Crippen molar-refractivity contribution < 1.29 is 13.2 Å². The van der Waals surface area contributed by atoms with Crippen molar-refractivity contribution in [3.63, 3.8) is 0 Å². The van der Waals surface area contributed by atoms with Crippen LogP contribution in [-0.2, 0) is 10.0 Å². The SMILES string of the molecule is CNc1ccc(C(=O)NCCCS(N)(=O)=O)nc1. The number of rotatable bonds is 6. The number of anilines is 1. The van der Waals surface area contributed by atoms with Gasteiger partial charge in [0.2, 0.25) is 10.0 Å². The second-order valence-electron chi connectivity index (χ2n) is 3.66. The first-order valence-electron chi connectivity index (χ1n) is 5.35. The molecule has 1 aromatic rings. The largest absolute Gasteiger partial charge is 0.387 e. The van der Waals surface area contributed by atoms with E-state index in [0.717, 1.165) is 5.69 Å². The van der Waals surface area contributed by atoms with Gasteiger partial charge >= 0.3 is 0 Å². The quantitative estimate of drug-likeness (QED) is 0.606. The summed E-state index contributed by atoms with van der Waals surface area (Å²) in [4.78, 5) is 15.6. The van der Waals surface area contributed by atoms with Crippen LogP contribution in [0, 0.1) is 0 Å². The molecule has 0 saturated carbocycles. The number of amides is 1. The molecule has 0 spiro atoms. The number of hydrogen-bond acceptors (Lipinski definition) is 5. The molecule has 0 saturated heterocycles. The van der Waals surface area contributed by atoms with Gasteiger partial charge in [-0.25, -0.2) is 18.5 Å². The summed E-state index contributed by atoms with van der Waals surface area (Å²) in [6, 6.07) is 3.31. The second-order valence-corrected chi connectivity index (χ2v) is 5.39. The van der Waals surface area contributed by atoms with Crippen molar-refractivity contribution in [2.75, 3.05) is 24.7 Å². The van der Waals surface area contributed by atoms with Gasteiger partial charge in [-0.15, -0.1) is 0 Å². The van der Waals surface area contributed by atoms with E-state index >= 15 is 0 Å². The number of pyridine rings is 1. The molecule has 0 unspecified atom stereocenters. The number of carbonyl (C=O) groups excluding carboxylic acids is 1. The van der Waals surface area contributed by atoms with Crippen molar-refractivity contribution in [2.45, 2.75) is 6.42 Å². The number of nitrogens with zero attached hydrogens (tertiary/aromatic N) is 1. The molecule has 18 heavy (non-hydrogen) atoms. The number of aromatic nitrogens is 1. The fourth-order valence-electron chi connectivity index (χ4n) is 1.24. The number of nitrogens with two attached hydrogens (primary N) is 1. The van der Waals surface area contributed by atoms with Crippen molar-refractivity contribution in [1.29, 1.82) is 0 Å². The molecule has 0 aliphatic rings. The third kappa shape index (κ3) is 5.11. The highest BCUT2D eigenvalue weighted by atomic mass is 32.2. The van der Waals surface area contributed by atoms with E-state index < -0.39 is 10.0 Å². The molecule has 0 atom stereocenters. The van der Waals surface area contributed by atoms with E-state index in [1.807, 2.05) is 0 Å². The van der Waals surface area contributed by atoms with Crippen molar-refractivity contribution in [1.82, 2.24) is 10.3 Å². The molecule has 1 heterocycles. The van der Waals surface area contributed by atoms with Gasteiger partial charge < -0.3 is 10.6 Å². The van der Waals surface area contributed by atoms with Gasteiger partial charge in [-0.3, -0.25) is 4.79 Å². The predicted octanol–water partition coefficient (Wildman–Crippen LogP) is -0.468. The molecule has 0 aliphatic heterocycles. The van der Waals surface area contributed by atoms with Gasteiger partial charge in [0, 0.05) is 13.6 Å². The van der Waals surface area contributed by atoms with Crippen molar-refractivity contribution >= 4 is 21.6 Å². The van der Waals surface area contributed by atoms with Gasteiger partial charge in [-0.05, 0) is 18.6 Å². The third-order valence-corrected chi connectivity index (χ3v) is 3.03. The van der Waals surface area contributed by atoms with Crippen LogP contribution < -0.4 is 15.8 Å². The maximum Gasteiger partial charge on any atom is 0.269 e. The van der Waals surface area contributed by atoms with Crippen molar-refractivity contribution in [2.24, 2.45) is 5.14 Å². The lowest BCUT2D eigenvalue weighted by atomic mass is 10.3. The monoisotopic (exact) mass is 272 g/mol. The number of nitrogens with one attached hydrogen (secondary N) is 2. The Morgan fingerprint density at radius 3 is 2.67 bits per heavy atom. The molecule has 100 valence electrons. The van der Waals surface area contributed by atoms with Crippen LogP contribution >= 0.6 is 0 Å². The molecule has 0 radical (unpaired) electrons. The maximum atomic E-state index is 11.6. The zero-order chi connectivity index (χ0) is 13.6. The predicted molar refractivity (Wildman–Crippen MR) is 68.7 cm³/mol. The molecule has 0 fully saturated rings. The lowest BCUT2D eigenvalue weighted by Gasteiger charge is -2.05. The van der Waals surface area contributed by atoms with Gasteiger partial charge in [0.1, 0.15) is 5.69 Å². The Labute approximate surface area is 106 Å². The van der Waals surface area contributed by atoms with E-state index in [1.165, 1.54) is 0 Å². The molecule has 0 aliphatic carbocycles. The molecule has 1 aromatic heterocycles. The summed E-state index contributed by atoms with van der Waals surface area (Å²) in [7, 11) is -1.72. The van der Waals surface area contributed by atoms with E-state index in [-0.39, 0.29) is 30.3 Å².